The molecule has 0 spiro atoms. The minimum Gasteiger partial charge on any atom is -0.342 e. The van der Waals surface area contributed by atoms with Gasteiger partial charge in [-0.1, -0.05) is 6.07 Å². The fraction of sp³-hybridized carbons (Fsp3) is 0.357. The van der Waals surface area contributed by atoms with Crippen LogP contribution in [-0.2, 0) is 9.59 Å². The molecule has 1 aliphatic heterocycles. The number of carbonyl (C=O) groups is 3. The lowest BCUT2D eigenvalue weighted by Gasteiger charge is -2.24. The Kier molecular flexibility index (Phi) is 3.57. The smallest absolute Gasteiger partial charge is 0.300 e. The SMILES string of the molecule is CC(C)N(C)C(=O)CN1C(=O)C(=O)c2cccc(F)c21. The number of rotatable bonds is 3. The second kappa shape index (κ2) is 5.03. The van der Waals surface area contributed by atoms with Crippen molar-refractivity contribution in [3.05, 3.63) is 29.6 Å². The van der Waals surface area contributed by atoms with Crippen LogP contribution in [0.4, 0.5) is 10.1 Å². The summed E-state index contributed by atoms with van der Waals surface area (Å²) in [5.74, 6) is -2.67. The molecule has 0 radical (unpaired) electrons. The van der Waals surface area contributed by atoms with Crippen LogP contribution in [0.1, 0.15) is 24.2 Å². The van der Waals surface area contributed by atoms with Gasteiger partial charge < -0.3 is 4.90 Å². The van der Waals surface area contributed by atoms with E-state index in [4.69, 9.17) is 0 Å². The van der Waals surface area contributed by atoms with Crippen LogP contribution < -0.4 is 4.90 Å². The van der Waals surface area contributed by atoms with E-state index < -0.39 is 17.5 Å². The highest BCUT2D eigenvalue weighted by molar-refractivity contribution is 6.52. The number of Topliss-reactive ketones (excluding diaryl/α,β-unsaturated/α-hetero) is 1. The highest BCUT2D eigenvalue weighted by Crippen LogP contribution is 2.31. The third-order valence-corrected chi connectivity index (χ3v) is 3.40. The predicted octanol–water partition coefficient (Wildman–Crippen LogP) is 1.22. The van der Waals surface area contributed by atoms with E-state index in [-0.39, 0.29) is 29.7 Å². The molecule has 0 N–H and O–H groups in total. The molecule has 0 saturated carbocycles. The van der Waals surface area contributed by atoms with Gasteiger partial charge in [-0.15, -0.1) is 0 Å². The number of para-hydroxylation sites is 1. The van der Waals surface area contributed by atoms with Crippen molar-refractivity contribution in [3.8, 4) is 0 Å². The first kappa shape index (κ1) is 14.2. The second-order valence-corrected chi connectivity index (χ2v) is 4.95. The van der Waals surface area contributed by atoms with Crippen LogP contribution in [0.15, 0.2) is 18.2 Å². The average molecular weight is 278 g/mol. The topological polar surface area (TPSA) is 57.7 Å². The van der Waals surface area contributed by atoms with Crippen molar-refractivity contribution < 1.29 is 18.8 Å². The summed E-state index contributed by atoms with van der Waals surface area (Å²) in [7, 11) is 1.59. The summed E-state index contributed by atoms with van der Waals surface area (Å²) in [6.07, 6.45) is 0. The number of benzene rings is 1. The van der Waals surface area contributed by atoms with Gasteiger partial charge >= 0.3 is 0 Å². The van der Waals surface area contributed by atoms with Crippen LogP contribution >= 0.6 is 0 Å². The molecule has 6 heteroatoms. The first-order valence-electron chi connectivity index (χ1n) is 6.25. The largest absolute Gasteiger partial charge is 0.342 e. The lowest BCUT2D eigenvalue weighted by atomic mass is 10.1. The molecular formula is C14H15FN2O3. The Labute approximate surface area is 116 Å². The van der Waals surface area contributed by atoms with E-state index in [0.717, 1.165) is 11.0 Å². The van der Waals surface area contributed by atoms with Gasteiger partial charge in [-0.05, 0) is 26.0 Å². The number of amides is 2. The molecule has 0 aliphatic carbocycles. The number of fused-ring (bicyclic) bond motifs is 1. The Bertz CT molecular complexity index is 598. The lowest BCUT2D eigenvalue weighted by molar-refractivity contribution is -0.131. The number of ketones is 1. The number of hydrogen-bond donors (Lipinski definition) is 0. The van der Waals surface area contributed by atoms with Crippen LogP contribution in [0, 0.1) is 5.82 Å². The van der Waals surface area contributed by atoms with Gasteiger partial charge in [0.25, 0.3) is 11.7 Å². The summed E-state index contributed by atoms with van der Waals surface area (Å²) in [6, 6.07) is 3.87. The van der Waals surface area contributed by atoms with Gasteiger partial charge in [-0.3, -0.25) is 19.3 Å². The van der Waals surface area contributed by atoms with Crippen molar-refractivity contribution in [2.45, 2.75) is 19.9 Å². The predicted molar refractivity (Wildman–Crippen MR) is 71.0 cm³/mol. The molecule has 0 bridgehead atoms. The highest BCUT2D eigenvalue weighted by atomic mass is 19.1. The zero-order chi connectivity index (χ0) is 15.0. The maximum Gasteiger partial charge on any atom is 0.300 e. The molecule has 0 aromatic heterocycles. The quantitative estimate of drug-likeness (QED) is 0.781. The number of halogens is 1. The molecule has 5 nitrogen and oxygen atoms in total. The monoisotopic (exact) mass is 278 g/mol. The molecule has 106 valence electrons. The molecule has 0 atom stereocenters. The average Bonchev–Trinajstić information content (AvgIpc) is 2.64. The van der Waals surface area contributed by atoms with Crippen LogP contribution in [0.5, 0.6) is 0 Å². The Morgan fingerprint density at radius 1 is 1.35 bits per heavy atom. The standard InChI is InChI=1S/C14H15FN2O3/c1-8(2)16(3)11(18)7-17-12-9(13(19)14(17)20)5-4-6-10(12)15/h4-6,8H,7H2,1-3H3. The molecule has 0 fully saturated rings. The molecule has 1 aromatic carbocycles. The van der Waals surface area contributed by atoms with E-state index in [0.29, 0.717) is 0 Å². The van der Waals surface area contributed by atoms with Gasteiger partial charge in [0.1, 0.15) is 12.4 Å². The number of likely N-dealkylation sites (N-methyl/N-ethyl adjacent to an activating group) is 1. The normalized spacial score (nSPS) is 13.9. The molecule has 2 rings (SSSR count). The van der Waals surface area contributed by atoms with Crippen molar-refractivity contribution in [1.29, 1.82) is 0 Å². The highest BCUT2D eigenvalue weighted by Gasteiger charge is 2.39. The zero-order valence-corrected chi connectivity index (χ0v) is 11.5. The number of anilines is 1. The molecule has 0 unspecified atom stereocenters. The number of nitrogens with zero attached hydrogens (tertiary/aromatic N) is 2. The van der Waals surface area contributed by atoms with Crippen molar-refractivity contribution >= 4 is 23.3 Å². The Morgan fingerprint density at radius 3 is 2.60 bits per heavy atom. The van der Waals surface area contributed by atoms with Gasteiger partial charge in [-0.25, -0.2) is 4.39 Å². The first-order valence-corrected chi connectivity index (χ1v) is 6.25. The molecular weight excluding hydrogens is 263 g/mol. The number of hydrogen-bond acceptors (Lipinski definition) is 3. The fourth-order valence-corrected chi connectivity index (χ4v) is 2.00. The van der Waals surface area contributed by atoms with E-state index >= 15 is 0 Å². The van der Waals surface area contributed by atoms with Gasteiger partial charge in [0.15, 0.2) is 0 Å². The van der Waals surface area contributed by atoms with E-state index in [2.05, 4.69) is 0 Å². The van der Waals surface area contributed by atoms with E-state index in [1.54, 1.807) is 7.05 Å². The van der Waals surface area contributed by atoms with Gasteiger partial charge in [-0.2, -0.15) is 0 Å². The summed E-state index contributed by atoms with van der Waals surface area (Å²) in [4.78, 5) is 38.0. The number of carbonyl (C=O) groups excluding carboxylic acids is 3. The second-order valence-electron chi connectivity index (χ2n) is 4.95. The first-order chi connectivity index (χ1) is 9.34. The van der Waals surface area contributed by atoms with Crippen LogP contribution in [0.3, 0.4) is 0 Å². The van der Waals surface area contributed by atoms with Crippen molar-refractivity contribution in [2.75, 3.05) is 18.5 Å². The zero-order valence-electron chi connectivity index (χ0n) is 11.5. The van der Waals surface area contributed by atoms with Crippen molar-refractivity contribution in [1.82, 2.24) is 4.90 Å². The fourth-order valence-electron chi connectivity index (χ4n) is 2.00. The summed E-state index contributed by atoms with van der Waals surface area (Å²) in [6.45, 7) is 3.31. The molecule has 1 aromatic rings. The minimum atomic E-state index is -0.865. The maximum absolute atomic E-state index is 13.8. The minimum absolute atomic E-state index is 0.00926. The van der Waals surface area contributed by atoms with E-state index in [1.807, 2.05) is 13.8 Å². The van der Waals surface area contributed by atoms with E-state index in [9.17, 15) is 18.8 Å². The third kappa shape index (κ3) is 2.17. The Morgan fingerprint density at radius 2 is 2.00 bits per heavy atom. The summed E-state index contributed by atoms with van der Waals surface area (Å²) >= 11 is 0. The molecule has 1 heterocycles. The lowest BCUT2D eigenvalue weighted by Crippen LogP contribution is -2.43. The molecule has 2 amide bonds. The van der Waals surface area contributed by atoms with Crippen molar-refractivity contribution in [2.24, 2.45) is 0 Å². The Hall–Kier alpha value is -2.24. The summed E-state index contributed by atoms with van der Waals surface area (Å²) in [5.41, 5.74) is -0.0944. The maximum atomic E-state index is 13.8. The molecule has 1 aliphatic rings. The van der Waals surface area contributed by atoms with Gasteiger partial charge in [0.2, 0.25) is 5.91 Å². The Balaban J connectivity index is 2.33. The summed E-state index contributed by atoms with van der Waals surface area (Å²) in [5, 5.41) is 0. The third-order valence-electron chi connectivity index (χ3n) is 3.40. The van der Waals surface area contributed by atoms with E-state index in [1.165, 1.54) is 17.0 Å². The van der Waals surface area contributed by atoms with Gasteiger partial charge in [0.05, 0.1) is 11.3 Å². The van der Waals surface area contributed by atoms with Crippen LogP contribution in [0.25, 0.3) is 0 Å². The summed E-state index contributed by atoms with van der Waals surface area (Å²) < 4.78 is 13.8. The van der Waals surface area contributed by atoms with Crippen molar-refractivity contribution in [3.63, 3.8) is 0 Å². The van der Waals surface area contributed by atoms with Crippen LogP contribution in [-0.4, -0.2) is 42.1 Å². The molecule has 20 heavy (non-hydrogen) atoms. The van der Waals surface area contributed by atoms with Crippen LogP contribution in [0.2, 0.25) is 0 Å². The molecule has 0 saturated heterocycles. The van der Waals surface area contributed by atoms with Gasteiger partial charge in [0, 0.05) is 13.1 Å².